The molecule has 25 heavy (non-hydrogen) atoms. The Labute approximate surface area is 140 Å². The summed E-state index contributed by atoms with van der Waals surface area (Å²) in [6, 6.07) is 7.70. The van der Waals surface area contributed by atoms with Gasteiger partial charge in [-0.3, -0.25) is 14.4 Å². The number of rotatable bonds is 6. The highest BCUT2D eigenvalue weighted by molar-refractivity contribution is 5.98. The van der Waals surface area contributed by atoms with Gasteiger partial charge in [-0.05, 0) is 30.3 Å². The summed E-state index contributed by atoms with van der Waals surface area (Å²) in [6.45, 7) is -1.29. The van der Waals surface area contributed by atoms with Gasteiger partial charge in [0.25, 0.3) is 5.91 Å². The molecule has 0 aliphatic rings. The molecule has 2 aromatic rings. The maximum absolute atomic E-state index is 13.4. The number of carbonyl (C=O) groups is 3. The lowest BCUT2D eigenvalue weighted by Crippen LogP contribution is -2.32. The Hall–Kier alpha value is -3.16. The largest absolute Gasteiger partial charge is 0.456 e. The average molecular weight is 351 g/mol. The fraction of sp³-hybridized carbons (Fsp3) is 0.118. The number of nitrogens with one attached hydrogen (secondary N) is 1. The van der Waals surface area contributed by atoms with E-state index in [1.165, 1.54) is 18.2 Å². The first-order valence-corrected chi connectivity index (χ1v) is 7.05. The zero-order chi connectivity index (χ0) is 18.4. The van der Waals surface area contributed by atoms with Gasteiger partial charge >= 0.3 is 5.97 Å². The Morgan fingerprint density at radius 3 is 2.32 bits per heavy atom. The third-order valence-corrected chi connectivity index (χ3v) is 3.12. The van der Waals surface area contributed by atoms with Crippen molar-refractivity contribution in [1.29, 1.82) is 0 Å². The van der Waals surface area contributed by atoms with Crippen molar-refractivity contribution in [2.24, 2.45) is 0 Å². The van der Waals surface area contributed by atoms with E-state index in [4.69, 9.17) is 0 Å². The quantitative estimate of drug-likeness (QED) is 0.640. The second kappa shape index (κ2) is 8.09. The first kappa shape index (κ1) is 18.2. The van der Waals surface area contributed by atoms with Crippen molar-refractivity contribution in [2.45, 2.75) is 0 Å². The molecule has 0 unspecified atom stereocenters. The highest BCUT2D eigenvalue weighted by atomic mass is 19.2. The summed E-state index contributed by atoms with van der Waals surface area (Å²) in [4.78, 5) is 34.9. The molecule has 1 amide bonds. The number of benzene rings is 2. The van der Waals surface area contributed by atoms with E-state index in [9.17, 15) is 27.6 Å². The molecule has 130 valence electrons. The van der Waals surface area contributed by atoms with Crippen LogP contribution < -0.4 is 5.32 Å². The van der Waals surface area contributed by atoms with Crippen LogP contribution in [-0.4, -0.2) is 30.8 Å². The SMILES string of the molecule is O=C(CNC(=O)c1ccccc1F)OCC(=O)c1ccc(F)c(F)c1. The lowest BCUT2D eigenvalue weighted by atomic mass is 10.1. The molecule has 0 bridgehead atoms. The molecule has 2 rings (SSSR count). The van der Waals surface area contributed by atoms with Crippen molar-refractivity contribution in [3.8, 4) is 0 Å². The third kappa shape index (κ3) is 4.90. The van der Waals surface area contributed by atoms with E-state index in [-0.39, 0.29) is 11.1 Å². The van der Waals surface area contributed by atoms with E-state index in [0.717, 1.165) is 18.2 Å². The number of hydrogen-bond acceptors (Lipinski definition) is 4. The Bertz CT molecular complexity index is 823. The van der Waals surface area contributed by atoms with Crippen LogP contribution in [0.1, 0.15) is 20.7 Å². The van der Waals surface area contributed by atoms with Gasteiger partial charge in [-0.15, -0.1) is 0 Å². The van der Waals surface area contributed by atoms with Crippen LogP contribution in [0.4, 0.5) is 13.2 Å². The van der Waals surface area contributed by atoms with Crippen molar-refractivity contribution in [3.63, 3.8) is 0 Å². The number of Topliss-reactive ketones (excluding diaryl/α,β-unsaturated/α-hetero) is 1. The maximum atomic E-state index is 13.4. The minimum absolute atomic E-state index is 0.165. The standard InChI is InChI=1S/C17H12F3NO4/c18-12-4-2-1-3-11(12)17(24)21-8-16(23)25-9-15(22)10-5-6-13(19)14(20)7-10/h1-7H,8-9H2,(H,21,24). The van der Waals surface area contributed by atoms with Gasteiger partial charge in [0.05, 0.1) is 5.56 Å². The molecule has 8 heteroatoms. The van der Waals surface area contributed by atoms with E-state index >= 15 is 0 Å². The van der Waals surface area contributed by atoms with Crippen LogP contribution in [0.2, 0.25) is 0 Å². The van der Waals surface area contributed by atoms with E-state index in [1.54, 1.807) is 0 Å². The summed E-state index contributed by atoms with van der Waals surface area (Å²) in [5.41, 5.74) is -0.407. The summed E-state index contributed by atoms with van der Waals surface area (Å²) in [5, 5.41) is 2.15. The molecule has 0 heterocycles. The van der Waals surface area contributed by atoms with Crippen LogP contribution in [0.15, 0.2) is 42.5 Å². The fourth-order valence-corrected chi connectivity index (χ4v) is 1.84. The van der Waals surface area contributed by atoms with Gasteiger partial charge in [-0.1, -0.05) is 12.1 Å². The van der Waals surface area contributed by atoms with Crippen LogP contribution in [0.25, 0.3) is 0 Å². The summed E-state index contributed by atoms with van der Waals surface area (Å²) >= 11 is 0. The van der Waals surface area contributed by atoms with E-state index in [2.05, 4.69) is 10.1 Å². The molecule has 1 N–H and O–H groups in total. The predicted octanol–water partition coefficient (Wildman–Crippen LogP) is 2.26. The van der Waals surface area contributed by atoms with E-state index in [0.29, 0.717) is 6.07 Å². The second-order valence-corrected chi connectivity index (χ2v) is 4.88. The molecule has 0 aromatic heterocycles. The molecule has 0 aliphatic carbocycles. The normalized spacial score (nSPS) is 10.2. The molecule has 0 atom stereocenters. The Balaban J connectivity index is 1.82. The van der Waals surface area contributed by atoms with Crippen molar-refractivity contribution in [1.82, 2.24) is 5.32 Å². The maximum Gasteiger partial charge on any atom is 0.325 e. The molecular weight excluding hydrogens is 339 g/mol. The highest BCUT2D eigenvalue weighted by Crippen LogP contribution is 2.09. The molecule has 0 saturated heterocycles. The Kier molecular flexibility index (Phi) is 5.89. The second-order valence-electron chi connectivity index (χ2n) is 4.88. The Morgan fingerprint density at radius 2 is 1.64 bits per heavy atom. The molecule has 0 radical (unpaired) electrons. The van der Waals surface area contributed by atoms with Crippen LogP contribution in [0.5, 0.6) is 0 Å². The number of ether oxygens (including phenoxy) is 1. The molecular formula is C17H12F3NO4. The van der Waals surface area contributed by atoms with Gasteiger partial charge in [-0.2, -0.15) is 0 Å². The third-order valence-electron chi connectivity index (χ3n) is 3.12. The Morgan fingerprint density at radius 1 is 0.920 bits per heavy atom. The number of halogens is 3. The highest BCUT2D eigenvalue weighted by Gasteiger charge is 2.15. The van der Waals surface area contributed by atoms with Crippen LogP contribution in [0.3, 0.4) is 0 Å². The number of ketones is 1. The number of esters is 1. The minimum atomic E-state index is -1.20. The lowest BCUT2D eigenvalue weighted by Gasteiger charge is -2.07. The van der Waals surface area contributed by atoms with E-state index in [1.807, 2.05) is 0 Å². The summed E-state index contributed by atoms with van der Waals surface area (Å²) in [6.07, 6.45) is 0. The van der Waals surface area contributed by atoms with Gasteiger partial charge in [0.15, 0.2) is 24.0 Å². The molecule has 2 aromatic carbocycles. The fourth-order valence-electron chi connectivity index (χ4n) is 1.84. The van der Waals surface area contributed by atoms with Gasteiger partial charge in [-0.25, -0.2) is 13.2 Å². The molecule has 0 fully saturated rings. The first-order chi connectivity index (χ1) is 11.9. The van der Waals surface area contributed by atoms with Crippen molar-refractivity contribution in [2.75, 3.05) is 13.2 Å². The van der Waals surface area contributed by atoms with E-state index < -0.39 is 48.3 Å². The summed E-state index contributed by atoms with van der Waals surface area (Å²) < 4.78 is 43.8. The smallest absolute Gasteiger partial charge is 0.325 e. The van der Waals surface area contributed by atoms with Crippen molar-refractivity contribution < 1.29 is 32.3 Å². The molecule has 5 nitrogen and oxygen atoms in total. The molecule has 0 saturated carbocycles. The molecule has 0 aliphatic heterocycles. The first-order valence-electron chi connectivity index (χ1n) is 7.05. The van der Waals surface area contributed by atoms with Gasteiger partial charge in [0, 0.05) is 5.56 Å². The number of carbonyl (C=O) groups excluding carboxylic acids is 3. The van der Waals surface area contributed by atoms with Crippen LogP contribution >= 0.6 is 0 Å². The van der Waals surface area contributed by atoms with Gasteiger partial charge in [0.2, 0.25) is 0 Å². The topological polar surface area (TPSA) is 72.5 Å². The molecule has 0 spiro atoms. The van der Waals surface area contributed by atoms with Gasteiger partial charge in [0.1, 0.15) is 12.4 Å². The van der Waals surface area contributed by atoms with Crippen molar-refractivity contribution >= 4 is 17.7 Å². The van der Waals surface area contributed by atoms with Crippen LogP contribution in [0, 0.1) is 17.5 Å². The monoisotopic (exact) mass is 351 g/mol. The summed E-state index contributed by atoms with van der Waals surface area (Å²) in [5.74, 6) is -5.56. The number of amides is 1. The van der Waals surface area contributed by atoms with Crippen molar-refractivity contribution in [3.05, 3.63) is 71.0 Å². The van der Waals surface area contributed by atoms with Gasteiger partial charge < -0.3 is 10.1 Å². The van der Waals surface area contributed by atoms with Crippen LogP contribution in [-0.2, 0) is 9.53 Å². The lowest BCUT2D eigenvalue weighted by molar-refractivity contribution is -0.141. The number of hydrogen-bond donors (Lipinski definition) is 1. The average Bonchev–Trinajstić information content (AvgIpc) is 2.60. The zero-order valence-electron chi connectivity index (χ0n) is 12.7. The zero-order valence-corrected chi connectivity index (χ0v) is 12.7. The predicted molar refractivity (Wildman–Crippen MR) is 80.4 cm³/mol. The summed E-state index contributed by atoms with van der Waals surface area (Å²) in [7, 11) is 0. The minimum Gasteiger partial charge on any atom is -0.456 e.